The van der Waals surface area contributed by atoms with Gasteiger partial charge in [0.15, 0.2) is 5.96 Å². The summed E-state index contributed by atoms with van der Waals surface area (Å²) in [5.74, 6) is 0.970. The number of aryl methyl sites for hydroxylation is 1. The van der Waals surface area contributed by atoms with Gasteiger partial charge in [0.2, 0.25) is 0 Å². The first-order valence-corrected chi connectivity index (χ1v) is 8.16. The summed E-state index contributed by atoms with van der Waals surface area (Å²) in [5.41, 5.74) is 2.73. The molecule has 0 radical (unpaired) electrons. The van der Waals surface area contributed by atoms with Gasteiger partial charge in [-0.15, -0.1) is 0 Å². The lowest BCUT2D eigenvalue weighted by atomic mass is 10.0. The zero-order valence-corrected chi connectivity index (χ0v) is 12.9. The van der Waals surface area contributed by atoms with Crippen molar-refractivity contribution in [2.45, 2.75) is 32.2 Å². The van der Waals surface area contributed by atoms with Crippen LogP contribution in [0.1, 0.15) is 36.4 Å². The van der Waals surface area contributed by atoms with Gasteiger partial charge in [-0.25, -0.2) is 0 Å². The Kier molecular flexibility index (Phi) is 4.76. The molecule has 0 aromatic heterocycles. The van der Waals surface area contributed by atoms with Crippen molar-refractivity contribution in [2.24, 2.45) is 4.99 Å². The van der Waals surface area contributed by atoms with E-state index in [0.29, 0.717) is 6.04 Å². The summed E-state index contributed by atoms with van der Waals surface area (Å²) < 4.78 is 0. The fourth-order valence-electron chi connectivity index (χ4n) is 3.14. The van der Waals surface area contributed by atoms with Crippen molar-refractivity contribution >= 4 is 5.96 Å². The monoisotopic (exact) mass is 286 g/mol. The molecule has 1 aromatic rings. The molecule has 0 saturated carbocycles. The van der Waals surface area contributed by atoms with E-state index in [1.165, 1.54) is 37.1 Å². The summed E-state index contributed by atoms with van der Waals surface area (Å²) in [6.07, 6.45) is 3.78. The third-order valence-corrected chi connectivity index (χ3v) is 4.40. The van der Waals surface area contributed by atoms with Crippen LogP contribution < -0.4 is 10.6 Å². The highest BCUT2D eigenvalue weighted by Gasteiger charge is 2.23. The molecule has 3 rings (SSSR count). The van der Waals surface area contributed by atoms with E-state index in [4.69, 9.17) is 0 Å². The molecular formula is C17H26N4. The van der Waals surface area contributed by atoms with Gasteiger partial charge in [0.25, 0.3) is 0 Å². The van der Waals surface area contributed by atoms with Gasteiger partial charge in [0.1, 0.15) is 0 Å². The molecule has 2 heterocycles. The molecule has 114 valence electrons. The third-order valence-electron chi connectivity index (χ3n) is 4.40. The van der Waals surface area contributed by atoms with Crippen molar-refractivity contribution in [2.75, 3.05) is 32.7 Å². The maximum atomic E-state index is 4.51. The Hall–Kier alpha value is -1.55. The SMILES string of the molecule is Cc1ccc(C(CNC2=NCCCN2)N2CCCC2)cc1. The van der Waals surface area contributed by atoms with Gasteiger partial charge >= 0.3 is 0 Å². The number of rotatable bonds is 4. The minimum atomic E-state index is 0.444. The molecule has 1 atom stereocenters. The largest absolute Gasteiger partial charge is 0.356 e. The standard InChI is InChI=1S/C17H26N4/c1-14-5-7-15(8-6-14)16(21-11-2-3-12-21)13-20-17-18-9-4-10-19-17/h5-8,16H,2-4,9-13H2,1H3,(H2,18,19,20). The lowest BCUT2D eigenvalue weighted by molar-refractivity contribution is 0.245. The van der Waals surface area contributed by atoms with Crippen LogP contribution >= 0.6 is 0 Å². The highest BCUT2D eigenvalue weighted by molar-refractivity contribution is 5.80. The first-order chi connectivity index (χ1) is 10.3. The number of hydrogen-bond acceptors (Lipinski definition) is 4. The van der Waals surface area contributed by atoms with E-state index in [1.54, 1.807) is 0 Å². The molecule has 0 amide bonds. The Morgan fingerprint density at radius 2 is 1.95 bits per heavy atom. The van der Waals surface area contributed by atoms with E-state index in [-0.39, 0.29) is 0 Å². The normalized spacial score (nSPS) is 20.7. The van der Waals surface area contributed by atoms with Crippen molar-refractivity contribution < 1.29 is 0 Å². The molecule has 1 aromatic carbocycles. The lowest BCUT2D eigenvalue weighted by Gasteiger charge is -2.29. The van der Waals surface area contributed by atoms with Crippen molar-refractivity contribution in [3.8, 4) is 0 Å². The molecule has 0 aliphatic carbocycles. The van der Waals surface area contributed by atoms with Crippen LogP contribution in [0.5, 0.6) is 0 Å². The van der Waals surface area contributed by atoms with Crippen molar-refractivity contribution in [1.82, 2.24) is 15.5 Å². The zero-order chi connectivity index (χ0) is 14.5. The second-order valence-electron chi connectivity index (χ2n) is 6.06. The number of nitrogens with one attached hydrogen (secondary N) is 2. The number of hydrogen-bond donors (Lipinski definition) is 2. The summed E-state index contributed by atoms with van der Waals surface area (Å²) in [5, 5.41) is 6.85. The molecule has 4 nitrogen and oxygen atoms in total. The van der Waals surface area contributed by atoms with Crippen LogP contribution in [0.25, 0.3) is 0 Å². The van der Waals surface area contributed by atoms with Gasteiger partial charge in [-0.1, -0.05) is 29.8 Å². The molecular weight excluding hydrogens is 260 g/mol. The van der Waals surface area contributed by atoms with Crippen LogP contribution in [0.3, 0.4) is 0 Å². The fourth-order valence-corrected chi connectivity index (χ4v) is 3.14. The smallest absolute Gasteiger partial charge is 0.191 e. The van der Waals surface area contributed by atoms with E-state index in [0.717, 1.165) is 32.0 Å². The lowest BCUT2D eigenvalue weighted by Crippen LogP contribution is -2.44. The molecule has 1 fully saturated rings. The molecule has 1 unspecified atom stereocenters. The van der Waals surface area contributed by atoms with Crippen molar-refractivity contribution in [1.29, 1.82) is 0 Å². The van der Waals surface area contributed by atoms with Gasteiger partial charge in [-0.3, -0.25) is 9.89 Å². The Balaban J connectivity index is 1.69. The minimum Gasteiger partial charge on any atom is -0.356 e. The van der Waals surface area contributed by atoms with Crippen LogP contribution in [0.2, 0.25) is 0 Å². The summed E-state index contributed by atoms with van der Waals surface area (Å²) in [4.78, 5) is 7.11. The molecule has 2 N–H and O–H groups in total. The maximum Gasteiger partial charge on any atom is 0.191 e. The second kappa shape index (κ2) is 6.94. The molecule has 0 bridgehead atoms. The Morgan fingerprint density at radius 3 is 2.62 bits per heavy atom. The predicted octanol–water partition coefficient (Wildman–Crippen LogP) is 2.07. The van der Waals surface area contributed by atoms with Gasteiger partial charge < -0.3 is 10.6 Å². The second-order valence-corrected chi connectivity index (χ2v) is 6.06. The molecule has 4 heteroatoms. The van der Waals surface area contributed by atoms with Crippen molar-refractivity contribution in [3.63, 3.8) is 0 Å². The first-order valence-electron chi connectivity index (χ1n) is 8.16. The van der Waals surface area contributed by atoms with Gasteiger partial charge in [0.05, 0.1) is 6.04 Å². The summed E-state index contributed by atoms with van der Waals surface area (Å²) in [6.45, 7) is 7.46. The van der Waals surface area contributed by atoms with Gasteiger partial charge in [-0.2, -0.15) is 0 Å². The molecule has 1 saturated heterocycles. The van der Waals surface area contributed by atoms with Gasteiger partial charge in [0, 0.05) is 19.6 Å². The Bertz CT molecular complexity index is 474. The van der Waals surface area contributed by atoms with Crippen molar-refractivity contribution in [3.05, 3.63) is 35.4 Å². The number of likely N-dealkylation sites (tertiary alicyclic amines) is 1. The average molecular weight is 286 g/mol. The zero-order valence-electron chi connectivity index (χ0n) is 12.9. The van der Waals surface area contributed by atoms with Crippen LogP contribution in [-0.4, -0.2) is 43.6 Å². The first kappa shape index (κ1) is 14.4. The minimum absolute atomic E-state index is 0.444. The number of aliphatic imine (C=N–C) groups is 1. The van der Waals surface area contributed by atoms with E-state index in [2.05, 4.69) is 51.7 Å². The Morgan fingerprint density at radius 1 is 1.19 bits per heavy atom. The molecule has 0 spiro atoms. The third kappa shape index (κ3) is 3.76. The molecule has 2 aliphatic rings. The van der Waals surface area contributed by atoms with E-state index in [9.17, 15) is 0 Å². The molecule has 21 heavy (non-hydrogen) atoms. The maximum absolute atomic E-state index is 4.51. The predicted molar refractivity (Wildman–Crippen MR) is 87.7 cm³/mol. The molecule has 2 aliphatic heterocycles. The summed E-state index contributed by atoms with van der Waals surface area (Å²) in [7, 11) is 0. The van der Waals surface area contributed by atoms with Crippen LogP contribution in [0.4, 0.5) is 0 Å². The number of guanidine groups is 1. The topological polar surface area (TPSA) is 39.7 Å². The van der Waals surface area contributed by atoms with Gasteiger partial charge in [-0.05, 0) is 44.8 Å². The number of nitrogens with zero attached hydrogens (tertiary/aromatic N) is 2. The van der Waals surface area contributed by atoms with E-state index in [1.807, 2.05) is 0 Å². The van der Waals surface area contributed by atoms with E-state index < -0.39 is 0 Å². The van der Waals surface area contributed by atoms with Crippen LogP contribution in [0, 0.1) is 6.92 Å². The highest BCUT2D eigenvalue weighted by atomic mass is 15.2. The Labute approximate surface area is 127 Å². The van der Waals surface area contributed by atoms with Crippen LogP contribution in [0.15, 0.2) is 29.3 Å². The average Bonchev–Trinajstić information content (AvgIpc) is 3.04. The number of benzene rings is 1. The summed E-state index contributed by atoms with van der Waals surface area (Å²) >= 11 is 0. The quantitative estimate of drug-likeness (QED) is 0.890. The van der Waals surface area contributed by atoms with Crippen LogP contribution in [-0.2, 0) is 0 Å². The highest BCUT2D eigenvalue weighted by Crippen LogP contribution is 2.24. The van der Waals surface area contributed by atoms with E-state index >= 15 is 0 Å². The summed E-state index contributed by atoms with van der Waals surface area (Å²) in [6, 6.07) is 9.43. The fraction of sp³-hybridized carbons (Fsp3) is 0.588.